The minimum absolute atomic E-state index is 0. The van der Waals surface area contributed by atoms with Gasteiger partial charge in [-0.1, -0.05) is 135 Å². The van der Waals surface area contributed by atoms with Crippen LogP contribution in [0.15, 0.2) is 46.4 Å². The normalized spacial score (nSPS) is 11.7. The second-order valence-electron chi connectivity index (χ2n) is 13.0. The third kappa shape index (κ3) is 18.5. The zero-order valence-corrected chi connectivity index (χ0v) is 30.8. The van der Waals surface area contributed by atoms with Crippen LogP contribution in [0.25, 0.3) is 0 Å². The van der Waals surface area contributed by atoms with E-state index >= 15 is 0 Å². The second-order valence-corrected chi connectivity index (χ2v) is 13.0. The molecule has 0 heterocycles. The molecule has 3 heteroatoms. The summed E-state index contributed by atoms with van der Waals surface area (Å²) >= 11 is 0. The maximum atomic E-state index is 5.15. The van der Waals surface area contributed by atoms with Gasteiger partial charge in [0.25, 0.3) is 0 Å². The van der Waals surface area contributed by atoms with E-state index in [-0.39, 0.29) is 16.5 Å². The number of hydrogen-bond donors (Lipinski definition) is 0. The van der Waals surface area contributed by atoms with Crippen molar-refractivity contribution in [3.63, 3.8) is 0 Å². The van der Waals surface area contributed by atoms with Crippen molar-refractivity contribution in [3.05, 3.63) is 58.7 Å². The summed E-state index contributed by atoms with van der Waals surface area (Å²) in [5.41, 5.74) is 8.93. The fourth-order valence-corrected chi connectivity index (χ4v) is 5.54. The van der Waals surface area contributed by atoms with Gasteiger partial charge in [0, 0.05) is 22.9 Å². The Morgan fingerprint density at radius 3 is 1.40 bits per heavy atom. The molecule has 0 aliphatic heterocycles. The fourth-order valence-electron chi connectivity index (χ4n) is 5.54. The van der Waals surface area contributed by atoms with E-state index in [0.29, 0.717) is 0 Å². The first-order valence-electron chi connectivity index (χ1n) is 18.2. The van der Waals surface area contributed by atoms with Gasteiger partial charge in [-0.25, -0.2) is 4.99 Å². The molecule has 2 aromatic rings. The van der Waals surface area contributed by atoms with Crippen LogP contribution in [0.1, 0.15) is 165 Å². The number of hydrogen-bond acceptors (Lipinski definition) is 2. The summed E-state index contributed by atoms with van der Waals surface area (Å²) in [5.74, 6) is 6.99. The molecule has 0 fully saturated rings. The first-order chi connectivity index (χ1) is 21.4. The Morgan fingerprint density at radius 2 is 0.933 bits per heavy atom. The van der Waals surface area contributed by atoms with E-state index in [1.54, 1.807) is 0 Å². The first-order valence-corrected chi connectivity index (χ1v) is 18.2. The van der Waals surface area contributed by atoms with Gasteiger partial charge in [0.2, 0.25) is 0 Å². The molecular weight excluding hydrogens is 591 g/mol. The molecule has 0 bridgehead atoms. The van der Waals surface area contributed by atoms with Crippen molar-refractivity contribution in [2.24, 2.45) is 9.98 Å². The molecule has 2 rings (SSSR count). The van der Waals surface area contributed by atoms with Crippen LogP contribution < -0.4 is 0 Å². The van der Waals surface area contributed by atoms with Gasteiger partial charge in [-0.3, -0.25) is 4.99 Å². The van der Waals surface area contributed by atoms with Crippen LogP contribution in [-0.2, 0) is 16.5 Å². The Bertz CT molecular complexity index is 1200. The van der Waals surface area contributed by atoms with Crippen LogP contribution in [0.5, 0.6) is 0 Å². The van der Waals surface area contributed by atoms with Gasteiger partial charge in [-0.2, -0.15) is 0 Å². The zero-order valence-electron chi connectivity index (χ0n) is 29.8. The average Bonchev–Trinajstić information content (AvgIpc) is 3.01. The molecule has 45 heavy (non-hydrogen) atoms. The number of aryl methyl sites for hydroxylation is 4. The summed E-state index contributed by atoms with van der Waals surface area (Å²) in [6, 6.07) is 12.9. The van der Waals surface area contributed by atoms with E-state index in [4.69, 9.17) is 9.98 Å². The summed E-state index contributed by atoms with van der Waals surface area (Å²) < 4.78 is 0. The Labute approximate surface area is 288 Å². The summed E-state index contributed by atoms with van der Waals surface area (Å²) in [7, 11) is 0. The molecule has 252 valence electrons. The Morgan fingerprint density at radius 1 is 0.511 bits per heavy atom. The smallest absolute Gasteiger partial charge is 0.135 e. The number of aliphatic imine (C=N–C) groups is 2. The minimum Gasteiger partial charge on any atom is -0.251 e. The maximum absolute atomic E-state index is 5.15. The third-order valence-corrected chi connectivity index (χ3v) is 8.89. The Kier molecular flexibility index (Phi) is 23.6. The third-order valence-electron chi connectivity index (χ3n) is 8.89. The summed E-state index contributed by atoms with van der Waals surface area (Å²) in [6.45, 7) is 13.2. The Hall–Kier alpha value is -2.17. The average molecular weight is 656 g/mol. The van der Waals surface area contributed by atoms with E-state index in [1.165, 1.54) is 131 Å². The second kappa shape index (κ2) is 26.0. The van der Waals surface area contributed by atoms with Crippen LogP contribution in [0.2, 0.25) is 0 Å². The minimum atomic E-state index is 0. The van der Waals surface area contributed by atoms with Gasteiger partial charge in [0.15, 0.2) is 0 Å². The van der Waals surface area contributed by atoms with Crippen LogP contribution in [0, 0.1) is 39.5 Å². The van der Waals surface area contributed by atoms with Gasteiger partial charge in [0.05, 0.1) is 17.1 Å². The largest absolute Gasteiger partial charge is 0.251 e. The van der Waals surface area contributed by atoms with E-state index in [1.807, 2.05) is 0 Å². The molecular formula is C42H64N2Ni. The SMILES string of the molecule is CCCCCCCCCCCCCCCCCC#CC(=N\c1ccc(C)c(C)c1)/C(CCCCC)=N/c1ccc(C)c(C)c1.[Ni]. The van der Waals surface area contributed by atoms with Crippen molar-refractivity contribution in [3.8, 4) is 11.8 Å². The standard InChI is InChI=1S/C42H64N2.Ni/c1-7-9-11-12-13-14-15-16-17-18-19-20-21-22-23-24-26-28-42(44-40-32-30-36(4)38(6)34-40)41(27-25-10-8-2)43-39-31-29-35(3)37(5)33-39;/h29-34H,7-25,27H2,1-6H3;/b43-41+,44-42+;. The van der Waals surface area contributed by atoms with Crippen molar-refractivity contribution in [2.45, 2.75) is 170 Å². The molecule has 2 nitrogen and oxygen atoms in total. The van der Waals surface area contributed by atoms with E-state index in [0.717, 1.165) is 42.1 Å². The fraction of sp³-hybridized carbons (Fsp3) is 0.619. The van der Waals surface area contributed by atoms with Crippen LogP contribution >= 0.6 is 0 Å². The molecule has 0 amide bonds. The maximum Gasteiger partial charge on any atom is 0.135 e. The van der Waals surface area contributed by atoms with Crippen molar-refractivity contribution in [1.29, 1.82) is 0 Å². The molecule has 0 spiro atoms. The van der Waals surface area contributed by atoms with Crippen molar-refractivity contribution in [1.82, 2.24) is 0 Å². The number of unbranched alkanes of at least 4 members (excludes halogenated alkanes) is 17. The Balaban J connectivity index is 0.0000101. The number of nitrogens with zero attached hydrogens (tertiary/aromatic N) is 2. The first kappa shape index (κ1) is 40.9. The topological polar surface area (TPSA) is 24.7 Å². The summed E-state index contributed by atoms with van der Waals surface area (Å²) in [4.78, 5) is 10.2. The molecule has 0 unspecified atom stereocenters. The van der Waals surface area contributed by atoms with Gasteiger partial charge >= 0.3 is 0 Å². The predicted molar refractivity (Wildman–Crippen MR) is 197 cm³/mol. The van der Waals surface area contributed by atoms with Crippen molar-refractivity contribution < 1.29 is 16.5 Å². The molecule has 0 saturated heterocycles. The molecule has 0 aliphatic rings. The number of rotatable bonds is 22. The molecule has 2 aromatic carbocycles. The monoisotopic (exact) mass is 654 g/mol. The summed E-state index contributed by atoms with van der Waals surface area (Å²) in [5, 5.41) is 0. The van der Waals surface area contributed by atoms with Crippen LogP contribution in [0.4, 0.5) is 11.4 Å². The molecule has 0 saturated carbocycles. The number of benzene rings is 2. The molecule has 0 aliphatic carbocycles. The zero-order chi connectivity index (χ0) is 31.8. The van der Waals surface area contributed by atoms with Gasteiger partial charge in [-0.15, -0.1) is 0 Å². The molecule has 0 atom stereocenters. The molecule has 0 aromatic heterocycles. The van der Waals surface area contributed by atoms with Crippen molar-refractivity contribution >= 4 is 22.8 Å². The van der Waals surface area contributed by atoms with Crippen molar-refractivity contribution in [2.75, 3.05) is 0 Å². The van der Waals surface area contributed by atoms with E-state index in [2.05, 4.69) is 89.8 Å². The molecule has 0 N–H and O–H groups in total. The van der Waals surface area contributed by atoms with Gasteiger partial charge in [-0.05, 0) is 99.4 Å². The van der Waals surface area contributed by atoms with Gasteiger partial charge < -0.3 is 0 Å². The molecule has 0 radical (unpaired) electrons. The quantitative estimate of drug-likeness (QED) is 0.0522. The van der Waals surface area contributed by atoms with Crippen LogP contribution in [0.3, 0.4) is 0 Å². The predicted octanol–water partition coefficient (Wildman–Crippen LogP) is 13.6. The van der Waals surface area contributed by atoms with Crippen LogP contribution in [-0.4, -0.2) is 11.4 Å². The van der Waals surface area contributed by atoms with E-state index < -0.39 is 0 Å². The van der Waals surface area contributed by atoms with Gasteiger partial charge in [0.1, 0.15) is 5.71 Å². The summed E-state index contributed by atoms with van der Waals surface area (Å²) in [6.07, 6.45) is 26.1. The van der Waals surface area contributed by atoms with E-state index in [9.17, 15) is 0 Å².